The summed E-state index contributed by atoms with van der Waals surface area (Å²) in [6.45, 7) is 0. The van der Waals surface area contributed by atoms with E-state index in [0.717, 1.165) is 0 Å². The molecule has 186 valence electrons. The normalized spacial score (nSPS) is 11.8. The molecular weight excluding hydrogens is 500 g/mol. The number of hydrogen-bond donors (Lipinski definition) is 4. The Labute approximate surface area is 210 Å². The second-order valence-corrected chi connectivity index (χ2v) is 9.02. The van der Waals surface area contributed by atoms with Crippen molar-refractivity contribution < 1.29 is 33.1 Å². The molecule has 4 aromatic carbocycles. The number of benzene rings is 4. The number of hydrogen-bond acceptors (Lipinski definition) is 9. The average Bonchev–Trinajstić information content (AvgIpc) is 2.87. The van der Waals surface area contributed by atoms with Crippen LogP contribution in [0, 0.1) is 0 Å². The van der Waals surface area contributed by atoms with Gasteiger partial charge in [-0.15, -0.1) is 0 Å². The van der Waals surface area contributed by atoms with Gasteiger partial charge in [0.15, 0.2) is 0 Å². The molecule has 0 aromatic heterocycles. The summed E-state index contributed by atoms with van der Waals surface area (Å²) in [5.41, 5.74) is 1.60. The minimum atomic E-state index is -4.61. The van der Waals surface area contributed by atoms with Gasteiger partial charge in [-0.2, -0.15) is 28.9 Å². The molecule has 0 saturated heterocycles. The van der Waals surface area contributed by atoms with Gasteiger partial charge in [0.25, 0.3) is 10.1 Å². The Balaban J connectivity index is 1.59. The zero-order chi connectivity index (χ0) is 26.6. The van der Waals surface area contributed by atoms with Crippen LogP contribution in [-0.4, -0.2) is 34.3 Å². The lowest BCUT2D eigenvalue weighted by atomic mass is 10.0. The smallest absolute Gasteiger partial charge is 0.339 e. The van der Waals surface area contributed by atoms with Gasteiger partial charge in [0.2, 0.25) is 0 Å². The summed E-state index contributed by atoms with van der Waals surface area (Å²) in [5, 5.41) is 44.0. The van der Waals surface area contributed by atoms with Crippen LogP contribution in [0.4, 0.5) is 22.7 Å². The van der Waals surface area contributed by atoms with Crippen LogP contribution in [0.2, 0.25) is 0 Å². The van der Waals surface area contributed by atoms with Crippen molar-refractivity contribution in [2.24, 2.45) is 20.5 Å². The summed E-state index contributed by atoms with van der Waals surface area (Å²) in [7, 11) is -4.61. The van der Waals surface area contributed by atoms with Crippen molar-refractivity contribution in [3.05, 3.63) is 90.5 Å². The van der Waals surface area contributed by atoms with E-state index < -0.39 is 21.8 Å². The third kappa shape index (κ3) is 6.20. The predicted octanol–water partition coefficient (Wildman–Crippen LogP) is 6.54. The first-order valence-electron chi connectivity index (χ1n) is 10.5. The average molecular weight is 519 g/mol. The molecule has 0 amide bonds. The maximum absolute atomic E-state index is 12.1. The van der Waals surface area contributed by atoms with Crippen molar-refractivity contribution in [1.82, 2.24) is 0 Å². The summed E-state index contributed by atoms with van der Waals surface area (Å²) in [6.07, 6.45) is 0. The molecule has 37 heavy (non-hydrogen) atoms. The summed E-state index contributed by atoms with van der Waals surface area (Å²) in [4.78, 5) is 10.8. The van der Waals surface area contributed by atoms with Crippen molar-refractivity contribution in [2.75, 3.05) is 0 Å². The Morgan fingerprint density at radius 1 is 0.649 bits per heavy atom. The van der Waals surface area contributed by atoms with Crippen LogP contribution in [0.25, 0.3) is 11.1 Å². The summed E-state index contributed by atoms with van der Waals surface area (Å²) >= 11 is 0. The number of phenolic OH excluding ortho intramolecular Hbond substituents is 1. The fraction of sp³-hybridized carbons (Fsp3) is 0. The summed E-state index contributed by atoms with van der Waals surface area (Å²) in [5.74, 6) is -1.63. The van der Waals surface area contributed by atoms with E-state index in [-0.39, 0.29) is 33.1 Å². The van der Waals surface area contributed by atoms with E-state index >= 15 is 0 Å². The maximum atomic E-state index is 12.1. The number of azo groups is 2. The molecule has 0 aliphatic carbocycles. The first kappa shape index (κ1) is 25.2. The largest absolute Gasteiger partial charge is 0.508 e. The lowest BCUT2D eigenvalue weighted by Gasteiger charge is -2.08. The number of aromatic hydroxyl groups is 2. The number of carboxylic acids is 1. The van der Waals surface area contributed by atoms with Crippen LogP contribution < -0.4 is 0 Å². The number of carbonyl (C=O) groups is 1. The summed E-state index contributed by atoms with van der Waals surface area (Å²) in [6, 6.07) is 20.2. The van der Waals surface area contributed by atoms with Gasteiger partial charge in [0.05, 0.1) is 22.7 Å². The summed E-state index contributed by atoms with van der Waals surface area (Å²) < 4.78 is 34.0. The quantitative estimate of drug-likeness (QED) is 0.158. The highest BCUT2D eigenvalue weighted by Crippen LogP contribution is 2.33. The molecule has 0 aliphatic rings. The third-order valence-corrected chi connectivity index (χ3v) is 5.94. The van der Waals surface area contributed by atoms with E-state index in [1.165, 1.54) is 60.7 Å². The van der Waals surface area contributed by atoms with Gasteiger partial charge >= 0.3 is 5.97 Å². The highest BCUT2D eigenvalue weighted by atomic mass is 32.2. The third-order valence-electron chi connectivity index (χ3n) is 5.04. The lowest BCUT2D eigenvalue weighted by molar-refractivity contribution is 0.0693. The van der Waals surface area contributed by atoms with E-state index in [1.54, 1.807) is 24.3 Å². The van der Waals surface area contributed by atoms with Crippen LogP contribution >= 0.6 is 0 Å². The van der Waals surface area contributed by atoms with Crippen molar-refractivity contribution in [2.45, 2.75) is 4.90 Å². The second-order valence-electron chi connectivity index (χ2n) is 7.63. The molecule has 12 heteroatoms. The van der Waals surface area contributed by atoms with Gasteiger partial charge in [0.1, 0.15) is 22.0 Å². The van der Waals surface area contributed by atoms with E-state index in [4.69, 9.17) is 5.11 Å². The van der Waals surface area contributed by atoms with Crippen molar-refractivity contribution in [3.8, 4) is 22.6 Å². The molecule has 0 bridgehead atoms. The van der Waals surface area contributed by atoms with E-state index in [9.17, 15) is 28.0 Å². The number of rotatable bonds is 7. The minimum absolute atomic E-state index is 0.0668. The number of phenols is 2. The van der Waals surface area contributed by atoms with Crippen LogP contribution in [0.5, 0.6) is 11.5 Å². The highest BCUT2D eigenvalue weighted by molar-refractivity contribution is 7.86. The van der Waals surface area contributed by atoms with E-state index in [1.807, 2.05) is 0 Å². The Morgan fingerprint density at radius 3 is 1.70 bits per heavy atom. The Bertz CT molecular complexity index is 1630. The van der Waals surface area contributed by atoms with E-state index in [0.29, 0.717) is 16.9 Å². The molecule has 0 unspecified atom stereocenters. The lowest BCUT2D eigenvalue weighted by Crippen LogP contribution is -2.00. The maximum Gasteiger partial charge on any atom is 0.339 e. The molecule has 0 radical (unpaired) electrons. The Kier molecular flexibility index (Phi) is 7.04. The monoisotopic (exact) mass is 518 g/mol. The molecule has 0 saturated carbocycles. The van der Waals surface area contributed by atoms with Gasteiger partial charge in [0, 0.05) is 5.56 Å². The Morgan fingerprint density at radius 2 is 1.14 bits per heavy atom. The predicted molar refractivity (Wildman–Crippen MR) is 133 cm³/mol. The zero-order valence-corrected chi connectivity index (χ0v) is 19.6. The van der Waals surface area contributed by atoms with Gasteiger partial charge in [-0.05, 0) is 72.3 Å². The molecule has 4 N–H and O–H groups in total. The molecule has 11 nitrogen and oxygen atoms in total. The van der Waals surface area contributed by atoms with Gasteiger partial charge < -0.3 is 15.3 Å². The van der Waals surface area contributed by atoms with Gasteiger partial charge in [-0.3, -0.25) is 4.55 Å². The van der Waals surface area contributed by atoms with Crippen LogP contribution in [-0.2, 0) is 10.1 Å². The number of nitrogens with zero attached hydrogens (tertiary/aromatic N) is 4. The molecular formula is C25H18N4O7S. The molecule has 0 fully saturated rings. The van der Waals surface area contributed by atoms with Crippen molar-refractivity contribution in [1.29, 1.82) is 0 Å². The first-order valence-corrected chi connectivity index (χ1v) is 11.9. The minimum Gasteiger partial charge on any atom is -0.508 e. The van der Waals surface area contributed by atoms with Crippen LogP contribution in [0.1, 0.15) is 10.4 Å². The second kappa shape index (κ2) is 10.4. The Hall–Kier alpha value is -4.94. The van der Waals surface area contributed by atoms with Crippen molar-refractivity contribution >= 4 is 38.8 Å². The fourth-order valence-corrected chi connectivity index (χ4v) is 3.97. The molecule has 0 spiro atoms. The van der Waals surface area contributed by atoms with Gasteiger partial charge in [-0.25, -0.2) is 4.79 Å². The molecule has 0 aliphatic heterocycles. The molecule has 0 heterocycles. The van der Waals surface area contributed by atoms with Gasteiger partial charge in [-0.1, -0.05) is 18.2 Å². The molecule has 0 atom stereocenters. The molecule has 4 rings (SSSR count). The van der Waals surface area contributed by atoms with Crippen LogP contribution in [0.15, 0.2) is 110 Å². The molecule has 4 aromatic rings. The standard InChI is InChI=1S/C25H18N4O7S/c30-20-9-5-17(6-10-20)27-29-19-7-11-21(24(14-19)37(34,35)36)15-1-3-16(4-2-15)26-28-18-8-12-23(31)22(13-18)25(32)33/h1-14,30-31H,(H,32,33)(H,34,35,36). The van der Waals surface area contributed by atoms with Crippen LogP contribution in [0.3, 0.4) is 0 Å². The topological polar surface area (TPSA) is 182 Å². The fourth-order valence-electron chi connectivity index (χ4n) is 3.24. The number of aromatic carboxylic acids is 1. The van der Waals surface area contributed by atoms with E-state index in [2.05, 4.69) is 20.5 Å². The van der Waals surface area contributed by atoms with Crippen molar-refractivity contribution in [3.63, 3.8) is 0 Å². The SMILES string of the molecule is O=C(O)c1cc(N=Nc2ccc(-c3ccc(N=Nc4ccc(O)cc4)cc3S(=O)(=O)O)cc2)ccc1O. The zero-order valence-electron chi connectivity index (χ0n) is 18.8. The highest BCUT2D eigenvalue weighted by Gasteiger charge is 2.18. The number of carboxylic acid groups (broad SMARTS) is 1. The first-order chi connectivity index (χ1) is 17.6.